The molecule has 2 aromatic carbocycles. The monoisotopic (exact) mass is 417 g/mol. The Bertz CT molecular complexity index is 952. The van der Waals surface area contributed by atoms with Gasteiger partial charge in [-0.1, -0.05) is 31.5 Å². The average Bonchev–Trinajstić information content (AvgIpc) is 2.60. The molecule has 1 atom stereocenters. The summed E-state index contributed by atoms with van der Waals surface area (Å²) in [7, 11) is 0.112. The normalized spacial score (nSPS) is 12.7. The number of hydrogen-bond donors (Lipinski definition) is 2. The van der Waals surface area contributed by atoms with Crippen molar-refractivity contribution in [3.05, 3.63) is 53.6 Å². The third-order valence-electron chi connectivity index (χ3n) is 4.60. The van der Waals surface area contributed by atoms with Crippen LogP contribution in [0.5, 0.6) is 0 Å². The fourth-order valence-electron chi connectivity index (χ4n) is 3.12. The number of hydrogen-bond acceptors (Lipinski definition) is 4. The summed E-state index contributed by atoms with van der Waals surface area (Å²) in [4.78, 5) is 15.0. The largest absolute Gasteiger partial charge is 0.377 e. The molecule has 158 valence electrons. The number of rotatable bonds is 8. The zero-order valence-corrected chi connectivity index (χ0v) is 18.8. The first kappa shape index (κ1) is 22.9. The van der Waals surface area contributed by atoms with Gasteiger partial charge in [-0.2, -0.15) is 4.72 Å². The van der Waals surface area contributed by atoms with Crippen LogP contribution in [0.4, 0.5) is 11.4 Å². The minimum atomic E-state index is -3.80. The lowest BCUT2D eigenvalue weighted by Gasteiger charge is -2.21. The van der Waals surface area contributed by atoms with E-state index in [0.29, 0.717) is 12.1 Å². The zero-order valence-electron chi connectivity index (χ0n) is 18.0. The number of carbonyl (C=O) groups excluding carboxylic acids is 1. The van der Waals surface area contributed by atoms with Crippen LogP contribution in [0.25, 0.3) is 0 Å². The molecule has 0 spiro atoms. The molecule has 0 unspecified atom stereocenters. The lowest BCUT2D eigenvalue weighted by atomic mass is 10.0. The molecule has 0 heterocycles. The molecule has 1 amide bonds. The number of nitrogens with one attached hydrogen (secondary N) is 2. The van der Waals surface area contributed by atoms with Gasteiger partial charge in [-0.25, -0.2) is 8.42 Å². The van der Waals surface area contributed by atoms with Crippen LogP contribution in [0, 0.1) is 19.8 Å². The van der Waals surface area contributed by atoms with E-state index >= 15 is 0 Å². The highest BCUT2D eigenvalue weighted by Gasteiger charge is 2.26. The molecule has 0 aliphatic carbocycles. The van der Waals surface area contributed by atoms with Crippen molar-refractivity contribution >= 4 is 27.3 Å². The van der Waals surface area contributed by atoms with Gasteiger partial charge in [-0.3, -0.25) is 4.79 Å². The maximum absolute atomic E-state index is 12.9. The predicted octanol–water partition coefficient (Wildman–Crippen LogP) is 3.70. The van der Waals surface area contributed by atoms with Crippen LogP contribution in [0.1, 0.15) is 31.4 Å². The van der Waals surface area contributed by atoms with Gasteiger partial charge in [-0.15, -0.1) is 0 Å². The van der Waals surface area contributed by atoms with E-state index in [1.807, 2.05) is 64.9 Å². The molecule has 2 rings (SSSR count). The lowest BCUT2D eigenvalue weighted by Crippen LogP contribution is -2.44. The Kier molecular flexibility index (Phi) is 7.43. The molecule has 7 heteroatoms. The molecule has 0 aromatic heterocycles. The predicted molar refractivity (Wildman–Crippen MR) is 119 cm³/mol. The van der Waals surface area contributed by atoms with Crippen molar-refractivity contribution in [1.29, 1.82) is 0 Å². The van der Waals surface area contributed by atoms with Crippen LogP contribution < -0.4 is 14.9 Å². The van der Waals surface area contributed by atoms with E-state index in [9.17, 15) is 13.2 Å². The van der Waals surface area contributed by atoms with Crippen molar-refractivity contribution in [2.45, 2.75) is 45.1 Å². The highest BCUT2D eigenvalue weighted by atomic mass is 32.2. The molecule has 0 radical (unpaired) electrons. The minimum Gasteiger partial charge on any atom is -0.377 e. The quantitative estimate of drug-likeness (QED) is 0.686. The number of sulfonamides is 1. The van der Waals surface area contributed by atoms with Crippen LogP contribution >= 0.6 is 0 Å². The van der Waals surface area contributed by atoms with Gasteiger partial charge >= 0.3 is 0 Å². The second-order valence-corrected chi connectivity index (χ2v) is 9.72. The Labute approximate surface area is 174 Å². The summed E-state index contributed by atoms with van der Waals surface area (Å²) in [5.74, 6) is -0.226. The summed E-state index contributed by atoms with van der Waals surface area (Å²) in [5.41, 5.74) is 3.69. The summed E-state index contributed by atoms with van der Waals surface area (Å²) < 4.78 is 28.1. The molecule has 0 aliphatic heterocycles. The van der Waals surface area contributed by atoms with Crippen molar-refractivity contribution in [3.63, 3.8) is 0 Å². The topological polar surface area (TPSA) is 78.5 Å². The Morgan fingerprint density at radius 3 is 2.17 bits per heavy atom. The van der Waals surface area contributed by atoms with Gasteiger partial charge in [-0.05, 0) is 62.1 Å². The smallest absolute Gasteiger partial charge is 0.242 e. The van der Waals surface area contributed by atoms with E-state index in [4.69, 9.17) is 0 Å². The number of carbonyl (C=O) groups is 1. The van der Waals surface area contributed by atoms with Gasteiger partial charge in [0.1, 0.15) is 6.04 Å². The van der Waals surface area contributed by atoms with Gasteiger partial charge in [0.2, 0.25) is 15.9 Å². The van der Waals surface area contributed by atoms with Crippen molar-refractivity contribution in [2.24, 2.45) is 5.92 Å². The third kappa shape index (κ3) is 6.30. The molecule has 0 fully saturated rings. The molecule has 0 bridgehead atoms. The number of benzene rings is 2. The average molecular weight is 418 g/mol. The van der Waals surface area contributed by atoms with Crippen LogP contribution in [0.3, 0.4) is 0 Å². The van der Waals surface area contributed by atoms with E-state index < -0.39 is 16.1 Å². The number of nitrogens with zero attached hydrogens (tertiary/aromatic N) is 1. The van der Waals surface area contributed by atoms with Crippen LogP contribution in [-0.4, -0.2) is 34.5 Å². The SMILES string of the molecule is Cc1ccc(S(=O)(=O)N[C@H](CC(C)C)C(=O)Nc2ccc(N(C)C)c(C)c2)cc1. The molecular weight excluding hydrogens is 386 g/mol. The number of aryl methyl sites for hydroxylation is 2. The maximum atomic E-state index is 12.9. The fraction of sp³-hybridized carbons (Fsp3) is 0.409. The van der Waals surface area contributed by atoms with Gasteiger partial charge in [0.25, 0.3) is 0 Å². The van der Waals surface area contributed by atoms with Gasteiger partial charge in [0, 0.05) is 25.5 Å². The molecule has 2 aromatic rings. The Morgan fingerprint density at radius 2 is 1.66 bits per heavy atom. The molecule has 0 aliphatic rings. The van der Waals surface area contributed by atoms with E-state index in [2.05, 4.69) is 10.0 Å². The summed E-state index contributed by atoms with van der Waals surface area (Å²) in [5, 5.41) is 2.85. The minimum absolute atomic E-state index is 0.143. The van der Waals surface area contributed by atoms with Crippen LogP contribution in [0.2, 0.25) is 0 Å². The van der Waals surface area contributed by atoms with Crippen LogP contribution in [-0.2, 0) is 14.8 Å². The molecule has 0 saturated heterocycles. The molecule has 29 heavy (non-hydrogen) atoms. The molecular formula is C22H31N3O3S. The van der Waals surface area contributed by atoms with Crippen molar-refractivity contribution in [2.75, 3.05) is 24.3 Å². The van der Waals surface area contributed by atoms with Gasteiger partial charge in [0.05, 0.1) is 4.90 Å². The second-order valence-electron chi connectivity index (χ2n) is 8.00. The van der Waals surface area contributed by atoms with E-state index in [-0.39, 0.29) is 16.7 Å². The lowest BCUT2D eigenvalue weighted by molar-refractivity contribution is -0.118. The van der Waals surface area contributed by atoms with Crippen molar-refractivity contribution in [3.8, 4) is 0 Å². The Morgan fingerprint density at radius 1 is 1.03 bits per heavy atom. The molecule has 2 N–H and O–H groups in total. The fourth-order valence-corrected chi connectivity index (χ4v) is 4.33. The van der Waals surface area contributed by atoms with E-state index in [1.165, 1.54) is 0 Å². The molecule has 6 nitrogen and oxygen atoms in total. The first-order chi connectivity index (χ1) is 13.5. The number of anilines is 2. The third-order valence-corrected chi connectivity index (χ3v) is 6.09. The summed E-state index contributed by atoms with van der Waals surface area (Å²) in [6, 6.07) is 11.3. The molecule has 0 saturated carbocycles. The van der Waals surface area contributed by atoms with E-state index in [0.717, 1.165) is 16.8 Å². The highest BCUT2D eigenvalue weighted by Crippen LogP contribution is 2.22. The zero-order chi connectivity index (χ0) is 21.8. The van der Waals surface area contributed by atoms with Gasteiger partial charge in [0.15, 0.2) is 0 Å². The van der Waals surface area contributed by atoms with Crippen molar-refractivity contribution < 1.29 is 13.2 Å². The Hall–Kier alpha value is -2.38. The first-order valence-corrected chi connectivity index (χ1v) is 11.2. The summed E-state index contributed by atoms with van der Waals surface area (Å²) in [6.45, 7) is 7.77. The van der Waals surface area contributed by atoms with Gasteiger partial charge < -0.3 is 10.2 Å². The standard InChI is InChI=1S/C22H31N3O3S/c1-15(2)13-20(24-29(27,28)19-10-7-16(3)8-11-19)22(26)23-18-9-12-21(25(5)6)17(4)14-18/h7-12,14-15,20,24H,13H2,1-6H3,(H,23,26)/t20-/m1/s1. The summed E-state index contributed by atoms with van der Waals surface area (Å²) >= 11 is 0. The number of amides is 1. The van der Waals surface area contributed by atoms with Crippen LogP contribution in [0.15, 0.2) is 47.4 Å². The maximum Gasteiger partial charge on any atom is 0.242 e. The second kappa shape index (κ2) is 9.41. The highest BCUT2D eigenvalue weighted by molar-refractivity contribution is 7.89. The summed E-state index contributed by atoms with van der Waals surface area (Å²) in [6.07, 6.45) is 0.395. The van der Waals surface area contributed by atoms with E-state index in [1.54, 1.807) is 24.3 Å². The Balaban J connectivity index is 2.22. The first-order valence-electron chi connectivity index (χ1n) is 9.67. The van der Waals surface area contributed by atoms with Crippen molar-refractivity contribution in [1.82, 2.24) is 4.72 Å².